The second-order valence-corrected chi connectivity index (χ2v) is 12.5. The van der Waals surface area contributed by atoms with Gasteiger partial charge in [0.05, 0.1) is 22.3 Å². The zero-order chi connectivity index (χ0) is 26.9. The van der Waals surface area contributed by atoms with Gasteiger partial charge in [0.25, 0.3) is 0 Å². The van der Waals surface area contributed by atoms with Gasteiger partial charge in [0.15, 0.2) is 0 Å². The molecule has 1 N–H and O–H groups in total. The Balaban J connectivity index is 1.35. The Morgan fingerprint density at radius 1 is 1.05 bits per heavy atom. The molecule has 2 aromatic heterocycles. The van der Waals surface area contributed by atoms with Gasteiger partial charge in [-0.3, -0.25) is 19.5 Å². The summed E-state index contributed by atoms with van der Waals surface area (Å²) in [5, 5.41) is 3.73. The van der Waals surface area contributed by atoms with Crippen LogP contribution < -0.4 is 10.2 Å². The Morgan fingerprint density at radius 3 is 2.54 bits per heavy atom. The van der Waals surface area contributed by atoms with Gasteiger partial charge in [-0.1, -0.05) is 0 Å². The van der Waals surface area contributed by atoms with E-state index in [1.807, 2.05) is 6.07 Å². The standard InChI is InChI=1S/C29H29F3N4O2S/c30-29(31,32)18-11-17-3-1-10-35(19-14-28(34-15-19)7-2-8-28)26(17)22(12-18)21-6-9-33-23-13-20(39-27(21)23)16-36-24(37)4-5-25(36)38/h6,9,11-13,19,34H,1-5,7-8,10,14-16H2. The number of pyridine rings is 1. The lowest BCUT2D eigenvalue weighted by molar-refractivity contribution is -0.139. The summed E-state index contributed by atoms with van der Waals surface area (Å²) in [6.07, 6.45) is 3.61. The molecule has 3 aliphatic heterocycles. The van der Waals surface area contributed by atoms with Crippen LogP contribution in [0.5, 0.6) is 0 Å². The molecule has 39 heavy (non-hydrogen) atoms. The number of imide groups is 1. The summed E-state index contributed by atoms with van der Waals surface area (Å²) in [6.45, 7) is 1.82. The highest BCUT2D eigenvalue weighted by Gasteiger charge is 2.46. The number of thiophene rings is 1. The van der Waals surface area contributed by atoms with Gasteiger partial charge in [-0.15, -0.1) is 11.3 Å². The van der Waals surface area contributed by atoms with Crippen molar-refractivity contribution in [2.75, 3.05) is 18.0 Å². The Morgan fingerprint density at radius 2 is 1.85 bits per heavy atom. The predicted molar refractivity (Wildman–Crippen MR) is 144 cm³/mol. The van der Waals surface area contributed by atoms with Crippen molar-refractivity contribution in [1.82, 2.24) is 15.2 Å². The van der Waals surface area contributed by atoms with Crippen LogP contribution in [-0.2, 0) is 28.7 Å². The summed E-state index contributed by atoms with van der Waals surface area (Å²) in [4.78, 5) is 33.3. The molecule has 7 rings (SSSR count). The molecular weight excluding hydrogens is 525 g/mol. The van der Waals surface area contributed by atoms with Crippen molar-refractivity contribution in [1.29, 1.82) is 0 Å². The number of nitrogens with zero attached hydrogens (tertiary/aromatic N) is 3. The number of carbonyl (C=O) groups excluding carboxylic acids is 2. The molecule has 0 bridgehead atoms. The van der Waals surface area contributed by atoms with Crippen LogP contribution in [0.2, 0.25) is 0 Å². The lowest BCUT2D eigenvalue weighted by atomic mass is 9.75. The van der Waals surface area contributed by atoms with E-state index in [9.17, 15) is 22.8 Å². The number of alkyl halides is 3. The fourth-order valence-corrected chi connectivity index (χ4v) is 8.01. The number of carbonyl (C=O) groups is 2. The fourth-order valence-electron chi connectivity index (χ4n) is 6.88. The molecule has 1 aromatic carbocycles. The molecule has 5 heterocycles. The van der Waals surface area contributed by atoms with Crippen LogP contribution in [0.25, 0.3) is 21.3 Å². The van der Waals surface area contributed by atoms with Gasteiger partial charge >= 0.3 is 6.18 Å². The van der Waals surface area contributed by atoms with Gasteiger partial charge in [0.2, 0.25) is 11.8 Å². The van der Waals surface area contributed by atoms with E-state index in [0.717, 1.165) is 59.6 Å². The summed E-state index contributed by atoms with van der Waals surface area (Å²) < 4.78 is 43.1. The summed E-state index contributed by atoms with van der Waals surface area (Å²) in [7, 11) is 0. The normalized spacial score (nSPS) is 22.7. The minimum Gasteiger partial charge on any atom is -0.366 e. The van der Waals surface area contributed by atoms with Gasteiger partial charge in [-0.2, -0.15) is 13.2 Å². The minimum absolute atomic E-state index is 0.167. The first-order valence-corrected chi connectivity index (χ1v) is 14.5. The Bertz CT molecular complexity index is 1480. The maximum Gasteiger partial charge on any atom is 0.416 e. The summed E-state index contributed by atoms with van der Waals surface area (Å²) in [6, 6.07) is 6.54. The maximum absolute atomic E-state index is 14.1. The third-order valence-corrected chi connectivity index (χ3v) is 10.1. The Labute approximate surface area is 228 Å². The quantitative estimate of drug-likeness (QED) is 0.421. The van der Waals surface area contributed by atoms with Gasteiger partial charge in [0, 0.05) is 65.4 Å². The topological polar surface area (TPSA) is 65.5 Å². The number of anilines is 1. The van der Waals surface area contributed by atoms with Crippen LogP contribution in [0.15, 0.2) is 30.5 Å². The van der Waals surface area contributed by atoms with Crippen molar-refractivity contribution in [2.45, 2.75) is 75.7 Å². The number of hydrogen-bond acceptors (Lipinski definition) is 6. The van der Waals surface area contributed by atoms with Crippen molar-refractivity contribution >= 4 is 39.1 Å². The molecule has 1 aliphatic carbocycles. The SMILES string of the molecule is O=C1CCC(=O)N1Cc1cc2nccc(-c3cc(C(F)(F)F)cc4c3N(C3CNC5(CCC5)C3)CCC4)c2s1. The molecular formula is C29H29F3N4O2S. The van der Waals surface area contributed by atoms with Crippen molar-refractivity contribution in [3.63, 3.8) is 0 Å². The molecule has 3 fully saturated rings. The molecule has 10 heteroatoms. The van der Waals surface area contributed by atoms with Crippen LogP contribution in [0.3, 0.4) is 0 Å². The molecule has 1 saturated carbocycles. The number of amides is 2. The van der Waals surface area contributed by atoms with Gasteiger partial charge in [-0.05, 0) is 68.4 Å². The first-order chi connectivity index (χ1) is 18.7. The monoisotopic (exact) mass is 554 g/mol. The van der Waals surface area contributed by atoms with Crippen LogP contribution in [0.1, 0.15) is 60.9 Å². The number of aryl methyl sites for hydroxylation is 1. The summed E-state index contributed by atoms with van der Waals surface area (Å²) in [5.74, 6) is -0.384. The van der Waals surface area contributed by atoms with Crippen LogP contribution in [0.4, 0.5) is 18.9 Å². The van der Waals surface area contributed by atoms with E-state index in [4.69, 9.17) is 0 Å². The fraction of sp³-hybridized carbons (Fsp3) is 0.483. The molecule has 0 radical (unpaired) electrons. The number of halogens is 3. The molecule has 1 spiro atoms. The first kappa shape index (κ1) is 25.0. The zero-order valence-electron chi connectivity index (χ0n) is 21.4. The molecule has 4 aliphatic rings. The Hall–Kier alpha value is -2.98. The van der Waals surface area contributed by atoms with Gasteiger partial charge in [-0.25, -0.2) is 0 Å². The third-order valence-electron chi connectivity index (χ3n) is 8.96. The molecule has 2 amide bonds. The lowest BCUT2D eigenvalue weighted by Gasteiger charge is -2.41. The van der Waals surface area contributed by atoms with E-state index in [0.29, 0.717) is 23.1 Å². The smallest absolute Gasteiger partial charge is 0.366 e. The van der Waals surface area contributed by atoms with Crippen LogP contribution in [0, 0.1) is 0 Å². The van der Waals surface area contributed by atoms with Gasteiger partial charge in [0.1, 0.15) is 0 Å². The van der Waals surface area contributed by atoms with E-state index in [1.165, 1.54) is 34.8 Å². The second-order valence-electron chi connectivity index (χ2n) is 11.4. The number of rotatable bonds is 4. The Kier molecular flexibility index (Phi) is 5.79. The average Bonchev–Trinajstić information content (AvgIpc) is 3.60. The van der Waals surface area contributed by atoms with E-state index < -0.39 is 11.7 Å². The number of benzene rings is 1. The van der Waals surface area contributed by atoms with Crippen molar-refractivity contribution < 1.29 is 22.8 Å². The maximum atomic E-state index is 14.1. The summed E-state index contributed by atoms with van der Waals surface area (Å²) >= 11 is 1.40. The predicted octanol–water partition coefficient (Wildman–Crippen LogP) is 5.67. The van der Waals surface area contributed by atoms with Crippen LogP contribution in [-0.4, -0.2) is 46.4 Å². The van der Waals surface area contributed by atoms with Crippen LogP contribution >= 0.6 is 11.3 Å². The zero-order valence-corrected chi connectivity index (χ0v) is 22.3. The molecule has 2 saturated heterocycles. The van der Waals surface area contributed by atoms with Crippen molar-refractivity contribution in [3.05, 3.63) is 46.5 Å². The largest absolute Gasteiger partial charge is 0.416 e. The number of fused-ring (bicyclic) bond motifs is 2. The number of likely N-dealkylation sites (tertiary alicyclic amines) is 1. The minimum atomic E-state index is -4.46. The number of nitrogens with one attached hydrogen (secondary N) is 1. The van der Waals surface area contributed by atoms with Crippen molar-refractivity contribution in [3.8, 4) is 11.1 Å². The van der Waals surface area contributed by atoms with Gasteiger partial charge < -0.3 is 10.2 Å². The van der Waals surface area contributed by atoms with E-state index in [1.54, 1.807) is 12.3 Å². The molecule has 1 unspecified atom stereocenters. The summed E-state index contributed by atoms with van der Waals surface area (Å²) in [5.41, 5.74) is 3.17. The molecule has 6 nitrogen and oxygen atoms in total. The lowest BCUT2D eigenvalue weighted by Crippen LogP contribution is -2.46. The highest BCUT2D eigenvalue weighted by atomic mass is 32.1. The number of hydrogen-bond donors (Lipinski definition) is 1. The molecule has 3 aromatic rings. The number of aromatic nitrogens is 1. The highest BCUT2D eigenvalue weighted by molar-refractivity contribution is 7.19. The first-order valence-electron chi connectivity index (χ1n) is 13.7. The highest BCUT2D eigenvalue weighted by Crippen LogP contribution is 2.48. The average molecular weight is 555 g/mol. The van der Waals surface area contributed by atoms with E-state index in [2.05, 4.69) is 15.2 Å². The van der Waals surface area contributed by atoms with E-state index >= 15 is 0 Å². The van der Waals surface area contributed by atoms with E-state index in [-0.39, 0.29) is 42.8 Å². The molecule has 204 valence electrons. The second kappa shape index (κ2) is 9.02. The van der Waals surface area contributed by atoms with Crippen molar-refractivity contribution in [2.24, 2.45) is 0 Å². The molecule has 1 atom stereocenters. The third kappa shape index (κ3) is 4.23.